The molecule has 0 aromatic heterocycles. The van der Waals surface area contributed by atoms with Gasteiger partial charge in [0.05, 0.1) is 0 Å². The van der Waals surface area contributed by atoms with Crippen LogP contribution >= 0.6 is 0 Å². The van der Waals surface area contributed by atoms with Gasteiger partial charge in [-0.1, -0.05) is 6.92 Å². The van der Waals surface area contributed by atoms with E-state index in [1.807, 2.05) is 7.05 Å². The second-order valence-corrected chi connectivity index (χ2v) is 5.22. The molecule has 1 N–H and O–H groups in total. The molecule has 0 saturated carbocycles. The first-order chi connectivity index (χ1) is 7.80. The van der Waals surface area contributed by atoms with E-state index in [9.17, 15) is 9.59 Å². The van der Waals surface area contributed by atoms with Crippen LogP contribution in [0.1, 0.15) is 27.2 Å². The van der Waals surface area contributed by atoms with Gasteiger partial charge in [-0.25, -0.2) is 0 Å². The molecule has 1 fully saturated rings. The number of hydrogen-bond acceptors (Lipinski definition) is 3. The Kier molecular flexibility index (Phi) is 4.14. The molecule has 1 amide bonds. The van der Waals surface area contributed by atoms with Crippen LogP contribution in [0.3, 0.4) is 0 Å². The Hall–Kier alpha value is -1.10. The monoisotopic (exact) mass is 242 g/mol. The average molecular weight is 242 g/mol. The largest absolute Gasteiger partial charge is 0.480 e. The van der Waals surface area contributed by atoms with Crippen molar-refractivity contribution in [3.05, 3.63) is 0 Å². The second-order valence-electron chi connectivity index (χ2n) is 5.22. The van der Waals surface area contributed by atoms with Crippen molar-refractivity contribution in [1.82, 2.24) is 9.80 Å². The summed E-state index contributed by atoms with van der Waals surface area (Å²) >= 11 is 0. The fraction of sp³-hybridized carbons (Fsp3) is 0.833. The lowest BCUT2D eigenvalue weighted by atomic mass is 9.91. The third-order valence-corrected chi connectivity index (χ3v) is 3.60. The predicted molar refractivity (Wildman–Crippen MR) is 64.7 cm³/mol. The molecule has 0 aliphatic carbocycles. The van der Waals surface area contributed by atoms with E-state index in [-0.39, 0.29) is 5.91 Å². The number of likely N-dealkylation sites (N-methyl/N-ethyl adjacent to an activating group) is 1. The van der Waals surface area contributed by atoms with Crippen LogP contribution in [0.2, 0.25) is 0 Å². The van der Waals surface area contributed by atoms with Gasteiger partial charge in [0, 0.05) is 25.7 Å². The summed E-state index contributed by atoms with van der Waals surface area (Å²) in [6.45, 7) is 7.07. The zero-order valence-corrected chi connectivity index (χ0v) is 11.1. The van der Waals surface area contributed by atoms with E-state index < -0.39 is 11.4 Å². The van der Waals surface area contributed by atoms with E-state index in [1.54, 1.807) is 4.90 Å². The van der Waals surface area contributed by atoms with Crippen molar-refractivity contribution < 1.29 is 14.7 Å². The molecule has 0 aromatic rings. The number of aliphatic carboxylic acids is 1. The lowest BCUT2D eigenvalue weighted by molar-refractivity contribution is -0.159. The van der Waals surface area contributed by atoms with Gasteiger partial charge in [-0.05, 0) is 27.3 Å². The van der Waals surface area contributed by atoms with Gasteiger partial charge in [-0.2, -0.15) is 0 Å². The minimum atomic E-state index is -1.33. The van der Waals surface area contributed by atoms with Gasteiger partial charge >= 0.3 is 5.97 Å². The minimum Gasteiger partial charge on any atom is -0.480 e. The fourth-order valence-electron chi connectivity index (χ4n) is 2.06. The van der Waals surface area contributed by atoms with E-state index in [0.29, 0.717) is 19.1 Å². The van der Waals surface area contributed by atoms with Crippen molar-refractivity contribution in [2.75, 3.05) is 26.7 Å². The first-order valence-corrected chi connectivity index (χ1v) is 6.03. The number of hydrogen-bond donors (Lipinski definition) is 1. The Balaban J connectivity index is 2.75. The highest BCUT2D eigenvalue weighted by Crippen LogP contribution is 2.22. The number of nitrogens with zero attached hydrogens (tertiary/aromatic N) is 2. The number of carbonyl (C=O) groups is 2. The second kappa shape index (κ2) is 5.04. The van der Waals surface area contributed by atoms with Gasteiger partial charge < -0.3 is 10.0 Å². The standard InChI is InChI=1S/C12H22N2O3/c1-5-9-8-14(7-6-13(9)4)10(15)12(2,3)11(16)17/h9H,5-8H2,1-4H3,(H,16,17). The van der Waals surface area contributed by atoms with Gasteiger partial charge in [0.25, 0.3) is 0 Å². The Morgan fingerprint density at radius 3 is 2.41 bits per heavy atom. The lowest BCUT2D eigenvalue weighted by Gasteiger charge is -2.41. The summed E-state index contributed by atoms with van der Waals surface area (Å²) < 4.78 is 0. The van der Waals surface area contributed by atoms with Crippen molar-refractivity contribution in [3.63, 3.8) is 0 Å². The summed E-state index contributed by atoms with van der Waals surface area (Å²) in [5.74, 6) is -1.34. The third kappa shape index (κ3) is 2.77. The highest BCUT2D eigenvalue weighted by atomic mass is 16.4. The number of rotatable bonds is 3. The van der Waals surface area contributed by atoms with E-state index >= 15 is 0 Å². The maximum absolute atomic E-state index is 12.2. The van der Waals surface area contributed by atoms with Crippen molar-refractivity contribution in [1.29, 1.82) is 0 Å². The Bertz CT molecular complexity index is 315. The molecule has 1 aliphatic heterocycles. The molecule has 0 radical (unpaired) electrons. The lowest BCUT2D eigenvalue weighted by Crippen LogP contribution is -2.56. The summed E-state index contributed by atoms with van der Waals surface area (Å²) in [6.07, 6.45) is 0.966. The molecule has 1 unspecified atom stereocenters. The number of piperazine rings is 1. The van der Waals surface area contributed by atoms with Crippen LogP contribution in [0.25, 0.3) is 0 Å². The maximum atomic E-state index is 12.2. The van der Waals surface area contributed by atoms with E-state index in [2.05, 4.69) is 11.8 Å². The number of carboxylic acids is 1. The number of carbonyl (C=O) groups excluding carboxylic acids is 1. The Morgan fingerprint density at radius 1 is 1.35 bits per heavy atom. The predicted octanol–water partition coefficient (Wildman–Crippen LogP) is 0.650. The van der Waals surface area contributed by atoms with Gasteiger partial charge in [-0.3, -0.25) is 14.5 Å². The van der Waals surface area contributed by atoms with Crippen LogP contribution < -0.4 is 0 Å². The van der Waals surface area contributed by atoms with Crippen LogP contribution in [-0.2, 0) is 9.59 Å². The quantitative estimate of drug-likeness (QED) is 0.738. The van der Waals surface area contributed by atoms with Crippen LogP contribution in [-0.4, -0.2) is 59.5 Å². The van der Waals surface area contributed by atoms with Gasteiger partial charge in [0.2, 0.25) is 5.91 Å². The molecule has 0 spiro atoms. The molecule has 1 saturated heterocycles. The molecular formula is C12H22N2O3. The molecule has 1 atom stereocenters. The average Bonchev–Trinajstić information content (AvgIpc) is 2.28. The van der Waals surface area contributed by atoms with Crippen LogP contribution in [0.15, 0.2) is 0 Å². The van der Waals surface area contributed by atoms with E-state index in [0.717, 1.165) is 13.0 Å². The summed E-state index contributed by atoms with van der Waals surface area (Å²) in [5.41, 5.74) is -1.33. The van der Waals surface area contributed by atoms with E-state index in [1.165, 1.54) is 13.8 Å². The molecule has 5 nitrogen and oxygen atoms in total. The molecule has 1 rings (SSSR count). The topological polar surface area (TPSA) is 60.9 Å². The van der Waals surface area contributed by atoms with Gasteiger partial charge in [0.15, 0.2) is 0 Å². The molecule has 1 heterocycles. The maximum Gasteiger partial charge on any atom is 0.318 e. The summed E-state index contributed by atoms with van der Waals surface area (Å²) in [4.78, 5) is 27.1. The van der Waals surface area contributed by atoms with Crippen molar-refractivity contribution in [2.45, 2.75) is 33.2 Å². The third-order valence-electron chi connectivity index (χ3n) is 3.60. The zero-order valence-electron chi connectivity index (χ0n) is 11.1. The molecule has 98 valence electrons. The van der Waals surface area contributed by atoms with Crippen LogP contribution in [0.4, 0.5) is 0 Å². The molecule has 5 heteroatoms. The first-order valence-electron chi connectivity index (χ1n) is 6.03. The molecule has 0 bridgehead atoms. The molecular weight excluding hydrogens is 220 g/mol. The van der Waals surface area contributed by atoms with Crippen molar-refractivity contribution in [3.8, 4) is 0 Å². The Morgan fingerprint density at radius 2 is 1.94 bits per heavy atom. The highest BCUT2D eigenvalue weighted by molar-refractivity contribution is 6.01. The molecule has 17 heavy (non-hydrogen) atoms. The Labute approximate surface area is 102 Å². The summed E-state index contributed by atoms with van der Waals surface area (Å²) in [5, 5.41) is 9.06. The van der Waals surface area contributed by atoms with Crippen molar-refractivity contribution in [2.24, 2.45) is 5.41 Å². The van der Waals surface area contributed by atoms with E-state index in [4.69, 9.17) is 5.11 Å². The SMILES string of the molecule is CCC1CN(C(=O)C(C)(C)C(=O)O)CCN1C. The smallest absolute Gasteiger partial charge is 0.318 e. The molecule has 0 aromatic carbocycles. The zero-order chi connectivity index (χ0) is 13.2. The minimum absolute atomic E-state index is 0.281. The summed E-state index contributed by atoms with van der Waals surface area (Å²) in [6, 6.07) is 0.331. The van der Waals surface area contributed by atoms with Crippen LogP contribution in [0.5, 0.6) is 0 Å². The fourth-order valence-corrected chi connectivity index (χ4v) is 2.06. The highest BCUT2D eigenvalue weighted by Gasteiger charge is 2.40. The number of amides is 1. The van der Waals surface area contributed by atoms with Crippen molar-refractivity contribution >= 4 is 11.9 Å². The van der Waals surface area contributed by atoms with Gasteiger partial charge in [-0.15, -0.1) is 0 Å². The van der Waals surface area contributed by atoms with Crippen LogP contribution in [0, 0.1) is 5.41 Å². The molecule has 1 aliphatic rings. The normalized spacial score (nSPS) is 22.6. The summed E-state index contributed by atoms with van der Waals surface area (Å²) in [7, 11) is 2.04. The van der Waals surface area contributed by atoms with Gasteiger partial charge in [0.1, 0.15) is 5.41 Å². The first kappa shape index (κ1) is 14.0. The number of carboxylic acid groups (broad SMARTS) is 1.